The van der Waals surface area contributed by atoms with Crippen LogP contribution >= 0.6 is 34.5 Å². The largest absolute Gasteiger partial charge is 0.383 e. The highest BCUT2D eigenvalue weighted by molar-refractivity contribution is 7.91. The van der Waals surface area contributed by atoms with Crippen molar-refractivity contribution in [1.29, 1.82) is 0 Å². The molecule has 2 aromatic heterocycles. The van der Waals surface area contributed by atoms with Gasteiger partial charge in [0.05, 0.1) is 4.34 Å². The number of anilines is 2. The second kappa shape index (κ2) is 7.42. The molecule has 2 rings (SSSR count). The summed E-state index contributed by atoms with van der Waals surface area (Å²) in [6.07, 6.45) is 1.32. The van der Waals surface area contributed by atoms with E-state index in [1.54, 1.807) is 13.1 Å². The van der Waals surface area contributed by atoms with E-state index in [9.17, 15) is 8.42 Å². The fraction of sp³-hybridized carbons (Fsp3) is 0.273. The van der Waals surface area contributed by atoms with Crippen LogP contribution < -0.4 is 15.4 Å². The van der Waals surface area contributed by atoms with Gasteiger partial charge in [-0.3, -0.25) is 0 Å². The van der Waals surface area contributed by atoms with Gasteiger partial charge in [0.2, 0.25) is 10.0 Å². The van der Waals surface area contributed by atoms with Crippen LogP contribution in [0.3, 0.4) is 0 Å². The number of hydrogen-bond acceptors (Lipinski definition) is 7. The molecule has 0 aliphatic heterocycles. The predicted molar refractivity (Wildman–Crippen MR) is 89.6 cm³/mol. The van der Waals surface area contributed by atoms with Crippen LogP contribution in [0.5, 0.6) is 0 Å². The SMILES string of the molecule is CNc1c(Cl)ncnc1NCCNS(=O)(=O)c1ccc(Cl)s1. The molecule has 0 bridgehead atoms. The first kappa shape index (κ1) is 17.2. The minimum atomic E-state index is -3.55. The van der Waals surface area contributed by atoms with Crippen molar-refractivity contribution in [2.45, 2.75) is 4.21 Å². The van der Waals surface area contributed by atoms with Gasteiger partial charge in [-0.1, -0.05) is 23.2 Å². The summed E-state index contributed by atoms with van der Waals surface area (Å²) in [6.45, 7) is 0.517. The second-order valence-corrected chi connectivity index (χ2v) is 8.09. The summed E-state index contributed by atoms with van der Waals surface area (Å²) in [5.74, 6) is 0.501. The summed E-state index contributed by atoms with van der Waals surface area (Å²) < 4.78 is 27.1. The second-order valence-electron chi connectivity index (χ2n) is 4.02. The summed E-state index contributed by atoms with van der Waals surface area (Å²) in [5.41, 5.74) is 0.553. The monoisotopic (exact) mass is 381 g/mol. The van der Waals surface area contributed by atoms with Crippen LogP contribution in [0.1, 0.15) is 0 Å². The van der Waals surface area contributed by atoms with Crippen LogP contribution in [-0.4, -0.2) is 38.5 Å². The van der Waals surface area contributed by atoms with E-state index in [2.05, 4.69) is 25.3 Å². The molecule has 0 fully saturated rings. The molecule has 0 aliphatic carbocycles. The van der Waals surface area contributed by atoms with Crippen molar-refractivity contribution in [1.82, 2.24) is 14.7 Å². The van der Waals surface area contributed by atoms with Crippen LogP contribution in [0, 0.1) is 0 Å². The molecule has 7 nitrogen and oxygen atoms in total. The van der Waals surface area contributed by atoms with E-state index in [0.717, 1.165) is 11.3 Å². The first-order valence-electron chi connectivity index (χ1n) is 6.11. The van der Waals surface area contributed by atoms with Crippen LogP contribution in [0.2, 0.25) is 9.49 Å². The Bertz CT molecular complexity index is 751. The third-order valence-corrected chi connectivity index (χ3v) is 6.04. The highest BCUT2D eigenvalue weighted by Crippen LogP contribution is 2.26. The van der Waals surface area contributed by atoms with Gasteiger partial charge in [-0.2, -0.15) is 0 Å². The lowest BCUT2D eigenvalue weighted by Crippen LogP contribution is -2.28. The molecule has 120 valence electrons. The minimum Gasteiger partial charge on any atom is -0.383 e. The molecule has 2 aromatic rings. The zero-order valence-corrected chi connectivity index (χ0v) is 14.6. The van der Waals surface area contributed by atoms with Gasteiger partial charge in [-0.25, -0.2) is 23.1 Å². The topological polar surface area (TPSA) is 96.0 Å². The van der Waals surface area contributed by atoms with Gasteiger partial charge in [0.25, 0.3) is 0 Å². The first-order valence-corrected chi connectivity index (χ1v) is 9.16. The smallest absolute Gasteiger partial charge is 0.250 e. The van der Waals surface area contributed by atoms with Crippen molar-refractivity contribution in [2.75, 3.05) is 30.8 Å². The number of aromatic nitrogens is 2. The molecule has 0 saturated carbocycles. The molecular weight excluding hydrogens is 369 g/mol. The number of thiophene rings is 1. The van der Waals surface area contributed by atoms with Crippen molar-refractivity contribution in [2.24, 2.45) is 0 Å². The Labute approximate surface area is 142 Å². The number of rotatable bonds is 7. The zero-order chi connectivity index (χ0) is 16.2. The van der Waals surface area contributed by atoms with Gasteiger partial charge in [0.15, 0.2) is 11.0 Å². The van der Waals surface area contributed by atoms with Crippen molar-refractivity contribution < 1.29 is 8.42 Å². The van der Waals surface area contributed by atoms with Crippen LogP contribution in [0.25, 0.3) is 0 Å². The van der Waals surface area contributed by atoms with Crippen LogP contribution in [-0.2, 0) is 10.0 Å². The van der Waals surface area contributed by atoms with Crippen molar-refractivity contribution in [3.63, 3.8) is 0 Å². The first-order chi connectivity index (χ1) is 10.4. The fourth-order valence-electron chi connectivity index (χ4n) is 1.60. The Hall–Kier alpha value is -1.13. The average molecular weight is 382 g/mol. The summed E-state index contributed by atoms with van der Waals surface area (Å²) in [6, 6.07) is 3.01. The van der Waals surface area contributed by atoms with Gasteiger partial charge in [-0.05, 0) is 12.1 Å². The lowest BCUT2D eigenvalue weighted by Gasteiger charge is -2.11. The molecule has 0 unspecified atom stereocenters. The molecule has 2 heterocycles. The highest BCUT2D eigenvalue weighted by atomic mass is 35.5. The maximum absolute atomic E-state index is 12.0. The van der Waals surface area contributed by atoms with Gasteiger partial charge in [0.1, 0.15) is 16.2 Å². The Morgan fingerprint density at radius 2 is 2.00 bits per heavy atom. The summed E-state index contributed by atoms with van der Waals surface area (Å²) in [5, 5.41) is 6.15. The lowest BCUT2D eigenvalue weighted by molar-refractivity contribution is 0.585. The Morgan fingerprint density at radius 1 is 1.23 bits per heavy atom. The summed E-state index contributed by atoms with van der Waals surface area (Å²) in [7, 11) is -1.85. The predicted octanol–water partition coefficient (Wildman–Crippen LogP) is 2.28. The highest BCUT2D eigenvalue weighted by Gasteiger charge is 2.16. The maximum Gasteiger partial charge on any atom is 0.250 e. The molecule has 11 heteroatoms. The Balaban J connectivity index is 1.91. The van der Waals surface area contributed by atoms with E-state index in [-0.39, 0.29) is 15.9 Å². The van der Waals surface area contributed by atoms with Crippen molar-refractivity contribution in [3.8, 4) is 0 Å². The quantitative estimate of drug-likeness (QED) is 0.502. The molecule has 0 aliphatic rings. The van der Waals surface area contributed by atoms with Gasteiger partial charge >= 0.3 is 0 Å². The lowest BCUT2D eigenvalue weighted by atomic mass is 10.4. The molecular formula is C11H13Cl2N5O2S2. The van der Waals surface area contributed by atoms with E-state index < -0.39 is 10.0 Å². The van der Waals surface area contributed by atoms with E-state index in [4.69, 9.17) is 23.2 Å². The molecule has 0 atom stereocenters. The molecule has 22 heavy (non-hydrogen) atoms. The average Bonchev–Trinajstić information content (AvgIpc) is 2.91. The molecule has 0 radical (unpaired) electrons. The Morgan fingerprint density at radius 3 is 2.64 bits per heavy atom. The van der Waals surface area contributed by atoms with Crippen molar-refractivity contribution >= 4 is 56.1 Å². The third kappa shape index (κ3) is 4.20. The molecule has 0 aromatic carbocycles. The molecule has 0 amide bonds. The van der Waals surface area contributed by atoms with Gasteiger partial charge in [-0.15, -0.1) is 11.3 Å². The van der Waals surface area contributed by atoms with E-state index in [1.165, 1.54) is 12.4 Å². The minimum absolute atomic E-state index is 0.179. The Kier molecular flexibility index (Phi) is 5.81. The van der Waals surface area contributed by atoms with E-state index in [0.29, 0.717) is 22.4 Å². The van der Waals surface area contributed by atoms with Crippen LogP contribution in [0.4, 0.5) is 11.5 Å². The zero-order valence-electron chi connectivity index (χ0n) is 11.4. The van der Waals surface area contributed by atoms with E-state index >= 15 is 0 Å². The molecule has 0 saturated heterocycles. The standard InChI is InChI=1S/C11H13Cl2N5O2S2/c1-14-9-10(13)16-6-17-11(9)15-4-5-18-22(19,20)8-3-2-7(12)21-8/h2-3,6,14,18H,4-5H2,1H3,(H,15,16,17). The van der Waals surface area contributed by atoms with Crippen LogP contribution in [0.15, 0.2) is 22.7 Å². The number of sulfonamides is 1. The van der Waals surface area contributed by atoms with Crippen molar-refractivity contribution in [3.05, 3.63) is 27.9 Å². The molecule has 0 spiro atoms. The number of nitrogens with one attached hydrogen (secondary N) is 3. The number of halogens is 2. The number of nitrogens with zero attached hydrogens (tertiary/aromatic N) is 2. The van der Waals surface area contributed by atoms with E-state index in [1.807, 2.05) is 0 Å². The molecule has 3 N–H and O–H groups in total. The normalized spacial score (nSPS) is 11.4. The van der Waals surface area contributed by atoms with Gasteiger partial charge in [0, 0.05) is 20.1 Å². The number of hydrogen-bond donors (Lipinski definition) is 3. The summed E-state index contributed by atoms with van der Waals surface area (Å²) >= 11 is 12.7. The third-order valence-electron chi connectivity index (χ3n) is 2.57. The maximum atomic E-state index is 12.0. The fourth-order valence-corrected chi connectivity index (χ4v) is 4.39. The summed E-state index contributed by atoms with van der Waals surface area (Å²) in [4.78, 5) is 7.89. The van der Waals surface area contributed by atoms with Gasteiger partial charge < -0.3 is 10.6 Å².